The van der Waals surface area contributed by atoms with Gasteiger partial charge in [-0.25, -0.2) is 0 Å². The second kappa shape index (κ2) is 4.11. The molecule has 3 nitrogen and oxygen atoms in total. The van der Waals surface area contributed by atoms with E-state index in [2.05, 4.69) is 0 Å². The molecule has 3 N–H and O–H groups in total. The van der Waals surface area contributed by atoms with Crippen molar-refractivity contribution >= 4 is 17.3 Å². The second-order valence-corrected chi connectivity index (χ2v) is 4.96. The van der Waals surface area contributed by atoms with Gasteiger partial charge >= 0.3 is 5.97 Å². The molecule has 78 valence electrons. The first kappa shape index (κ1) is 11.2. The van der Waals surface area contributed by atoms with E-state index in [1.54, 1.807) is 11.3 Å². The van der Waals surface area contributed by atoms with Crippen LogP contribution < -0.4 is 5.73 Å². The first-order valence-corrected chi connectivity index (χ1v) is 5.34. The van der Waals surface area contributed by atoms with E-state index in [9.17, 15) is 4.79 Å². The van der Waals surface area contributed by atoms with Crippen molar-refractivity contribution < 1.29 is 9.90 Å². The molecule has 0 fully saturated rings. The Morgan fingerprint density at radius 1 is 1.71 bits per heavy atom. The Hall–Kier alpha value is -0.870. The van der Waals surface area contributed by atoms with E-state index in [4.69, 9.17) is 10.8 Å². The van der Waals surface area contributed by atoms with Crippen LogP contribution in [0, 0.1) is 0 Å². The van der Waals surface area contributed by atoms with Crippen LogP contribution in [0.3, 0.4) is 0 Å². The molecule has 0 saturated carbocycles. The number of rotatable bonds is 4. The van der Waals surface area contributed by atoms with Crippen LogP contribution in [0.2, 0.25) is 0 Å². The number of nitrogens with two attached hydrogens (primary N) is 1. The maximum Gasteiger partial charge on any atom is 0.320 e. The van der Waals surface area contributed by atoms with Gasteiger partial charge < -0.3 is 10.8 Å². The first-order chi connectivity index (χ1) is 6.43. The van der Waals surface area contributed by atoms with Crippen LogP contribution in [0.5, 0.6) is 0 Å². The Morgan fingerprint density at radius 3 is 2.79 bits per heavy atom. The maximum absolute atomic E-state index is 10.6. The summed E-state index contributed by atoms with van der Waals surface area (Å²) in [5.74, 6) is -0.936. The molecule has 0 spiro atoms. The van der Waals surface area contributed by atoms with Crippen molar-refractivity contribution in [3.05, 3.63) is 22.4 Å². The standard InChI is InChI=1S/C10H15NO2S/c1-10(2,6-7(11)9(12)13)8-4-3-5-14-8/h3-5,7H,6,11H2,1-2H3,(H,12,13). The molecule has 14 heavy (non-hydrogen) atoms. The molecule has 0 saturated heterocycles. The van der Waals surface area contributed by atoms with Crippen molar-refractivity contribution in [1.82, 2.24) is 0 Å². The molecule has 1 rings (SSSR count). The molecule has 0 aliphatic heterocycles. The molecule has 1 aromatic heterocycles. The predicted molar refractivity (Wildman–Crippen MR) is 57.6 cm³/mol. The number of hydrogen-bond acceptors (Lipinski definition) is 3. The van der Waals surface area contributed by atoms with Gasteiger partial charge in [-0.3, -0.25) is 4.79 Å². The summed E-state index contributed by atoms with van der Waals surface area (Å²) in [7, 11) is 0. The number of carbonyl (C=O) groups is 1. The number of carboxylic acid groups (broad SMARTS) is 1. The normalized spacial score (nSPS) is 13.9. The fraction of sp³-hybridized carbons (Fsp3) is 0.500. The molecule has 1 unspecified atom stereocenters. The van der Waals surface area contributed by atoms with Gasteiger partial charge in [0.2, 0.25) is 0 Å². The summed E-state index contributed by atoms with van der Waals surface area (Å²) in [6.45, 7) is 4.03. The molecule has 0 radical (unpaired) electrons. The third kappa shape index (κ3) is 2.56. The molecule has 1 atom stereocenters. The molecule has 0 amide bonds. The largest absolute Gasteiger partial charge is 0.480 e. The Labute approximate surface area is 87.6 Å². The number of aliphatic carboxylic acids is 1. The highest BCUT2D eigenvalue weighted by Crippen LogP contribution is 2.31. The van der Waals surface area contributed by atoms with Crippen LogP contribution in [0.25, 0.3) is 0 Å². The van der Waals surface area contributed by atoms with Gasteiger partial charge in [0.1, 0.15) is 6.04 Å². The van der Waals surface area contributed by atoms with E-state index in [0.717, 1.165) is 0 Å². The van der Waals surface area contributed by atoms with E-state index in [-0.39, 0.29) is 5.41 Å². The highest BCUT2D eigenvalue weighted by Gasteiger charge is 2.27. The van der Waals surface area contributed by atoms with Gasteiger partial charge in [0, 0.05) is 10.3 Å². The zero-order chi connectivity index (χ0) is 10.8. The van der Waals surface area contributed by atoms with Crippen LogP contribution >= 0.6 is 11.3 Å². The van der Waals surface area contributed by atoms with Crippen LogP contribution in [0.15, 0.2) is 17.5 Å². The molecule has 0 aliphatic carbocycles. The third-order valence-electron chi connectivity index (χ3n) is 2.24. The number of hydrogen-bond donors (Lipinski definition) is 2. The quantitative estimate of drug-likeness (QED) is 0.802. The van der Waals surface area contributed by atoms with Gasteiger partial charge in [0.05, 0.1) is 0 Å². The highest BCUT2D eigenvalue weighted by atomic mass is 32.1. The second-order valence-electron chi connectivity index (χ2n) is 4.01. The van der Waals surface area contributed by atoms with E-state index in [1.807, 2.05) is 31.4 Å². The van der Waals surface area contributed by atoms with Gasteiger partial charge in [0.15, 0.2) is 0 Å². The van der Waals surface area contributed by atoms with E-state index < -0.39 is 12.0 Å². The van der Waals surface area contributed by atoms with E-state index in [1.165, 1.54) is 4.88 Å². The number of thiophene rings is 1. The van der Waals surface area contributed by atoms with Gasteiger partial charge in [0.25, 0.3) is 0 Å². The molecule has 1 heterocycles. The Bertz CT molecular complexity index is 306. The molecule has 1 aromatic rings. The summed E-state index contributed by atoms with van der Waals surface area (Å²) in [6.07, 6.45) is 0.461. The molecular formula is C10H15NO2S. The first-order valence-electron chi connectivity index (χ1n) is 4.46. The molecule has 0 aromatic carbocycles. The van der Waals surface area contributed by atoms with E-state index in [0.29, 0.717) is 6.42 Å². The molecule has 0 bridgehead atoms. The maximum atomic E-state index is 10.6. The lowest BCUT2D eigenvalue weighted by Crippen LogP contribution is -2.36. The van der Waals surface area contributed by atoms with Crippen molar-refractivity contribution in [2.75, 3.05) is 0 Å². The fourth-order valence-corrected chi connectivity index (χ4v) is 2.26. The van der Waals surface area contributed by atoms with Crippen molar-refractivity contribution in [3.63, 3.8) is 0 Å². The van der Waals surface area contributed by atoms with Gasteiger partial charge in [-0.1, -0.05) is 19.9 Å². The van der Waals surface area contributed by atoms with Crippen molar-refractivity contribution in [1.29, 1.82) is 0 Å². The minimum Gasteiger partial charge on any atom is -0.480 e. The summed E-state index contributed by atoms with van der Waals surface area (Å²) >= 11 is 1.64. The van der Waals surface area contributed by atoms with E-state index >= 15 is 0 Å². The topological polar surface area (TPSA) is 63.3 Å². The van der Waals surface area contributed by atoms with Crippen molar-refractivity contribution in [2.45, 2.75) is 31.7 Å². The van der Waals surface area contributed by atoms with Gasteiger partial charge in [-0.15, -0.1) is 11.3 Å². The van der Waals surface area contributed by atoms with Crippen molar-refractivity contribution in [2.24, 2.45) is 5.73 Å². The zero-order valence-corrected chi connectivity index (χ0v) is 9.17. The van der Waals surface area contributed by atoms with Crippen LogP contribution in [-0.4, -0.2) is 17.1 Å². The Balaban J connectivity index is 2.72. The minimum atomic E-state index is -0.936. The minimum absolute atomic E-state index is 0.161. The number of carboxylic acids is 1. The highest BCUT2D eigenvalue weighted by molar-refractivity contribution is 7.10. The van der Waals surface area contributed by atoms with Gasteiger partial charge in [-0.05, 0) is 17.9 Å². The average Bonchev–Trinajstić information content (AvgIpc) is 2.54. The Kier molecular flexibility index (Phi) is 3.29. The SMILES string of the molecule is CC(C)(CC(N)C(=O)O)c1cccs1. The lowest BCUT2D eigenvalue weighted by molar-refractivity contribution is -0.139. The smallest absolute Gasteiger partial charge is 0.320 e. The van der Waals surface area contributed by atoms with Crippen LogP contribution in [0.1, 0.15) is 25.1 Å². The lowest BCUT2D eigenvalue weighted by atomic mass is 9.84. The van der Waals surface area contributed by atoms with Crippen LogP contribution in [-0.2, 0) is 10.2 Å². The van der Waals surface area contributed by atoms with Crippen LogP contribution in [0.4, 0.5) is 0 Å². The fourth-order valence-electron chi connectivity index (χ4n) is 1.40. The summed E-state index contributed by atoms with van der Waals surface area (Å²) in [4.78, 5) is 11.8. The molecule has 4 heteroatoms. The summed E-state index contributed by atoms with van der Waals surface area (Å²) < 4.78 is 0. The predicted octanol–water partition coefficient (Wildman–Crippen LogP) is 1.83. The third-order valence-corrected chi connectivity index (χ3v) is 3.47. The summed E-state index contributed by atoms with van der Waals surface area (Å²) in [6, 6.07) is 3.19. The average molecular weight is 213 g/mol. The summed E-state index contributed by atoms with van der Waals surface area (Å²) in [5.41, 5.74) is 5.35. The van der Waals surface area contributed by atoms with Gasteiger partial charge in [-0.2, -0.15) is 0 Å². The molecule has 0 aliphatic rings. The zero-order valence-electron chi connectivity index (χ0n) is 8.36. The summed E-state index contributed by atoms with van der Waals surface area (Å²) in [5, 5.41) is 10.7. The molecular weight excluding hydrogens is 198 g/mol. The lowest BCUT2D eigenvalue weighted by Gasteiger charge is -2.25. The monoisotopic (exact) mass is 213 g/mol. The van der Waals surface area contributed by atoms with Crippen molar-refractivity contribution in [3.8, 4) is 0 Å². The Morgan fingerprint density at radius 2 is 2.36 bits per heavy atom.